The van der Waals surface area contributed by atoms with Crippen LogP contribution in [-0.4, -0.2) is 25.4 Å². The minimum atomic E-state index is 0.236. The van der Waals surface area contributed by atoms with Gasteiger partial charge in [0.2, 0.25) is 0 Å². The van der Waals surface area contributed by atoms with E-state index in [1.165, 1.54) is 0 Å². The van der Waals surface area contributed by atoms with Gasteiger partial charge in [0.1, 0.15) is 17.9 Å². The fraction of sp³-hybridized carbons (Fsp3) is 0.333. The van der Waals surface area contributed by atoms with Crippen molar-refractivity contribution in [3.8, 4) is 11.4 Å². The first-order valence-corrected chi connectivity index (χ1v) is 6.99. The van der Waals surface area contributed by atoms with Crippen LogP contribution in [0.2, 0.25) is 0 Å². The van der Waals surface area contributed by atoms with E-state index in [4.69, 9.17) is 4.42 Å². The third kappa shape index (κ3) is 2.22. The molecular weight excluding hydrogens is 268 g/mol. The van der Waals surface area contributed by atoms with Gasteiger partial charge in [-0.25, -0.2) is 9.97 Å². The number of aryl methyl sites for hydroxylation is 1. The smallest absolute Gasteiger partial charge is 0.166 e. The lowest BCUT2D eigenvalue weighted by Crippen LogP contribution is -2.09. The topological polar surface area (TPSA) is 73.3 Å². The molecule has 3 heterocycles. The lowest BCUT2D eigenvalue weighted by Gasteiger charge is -2.05. The van der Waals surface area contributed by atoms with Crippen molar-refractivity contribution < 1.29 is 9.21 Å². The zero-order chi connectivity index (χ0) is 14.4. The summed E-state index contributed by atoms with van der Waals surface area (Å²) in [7, 11) is 0. The average molecular weight is 282 g/mol. The predicted molar refractivity (Wildman–Crippen MR) is 74.7 cm³/mol. The number of hydrogen-bond acceptors (Lipinski definition) is 5. The average Bonchev–Trinajstić information content (AvgIpc) is 3.03. The molecule has 0 aromatic carbocycles. The molecule has 6 nitrogen and oxygen atoms in total. The van der Waals surface area contributed by atoms with Crippen LogP contribution < -0.4 is 0 Å². The summed E-state index contributed by atoms with van der Waals surface area (Å²) in [4.78, 5) is 21.0. The number of carbonyl (C=O) groups excluding carboxylic acids is 1. The number of furan rings is 1. The quantitative estimate of drug-likeness (QED) is 0.733. The van der Waals surface area contributed by atoms with Gasteiger partial charge in [-0.1, -0.05) is 0 Å². The Hall–Kier alpha value is -2.50. The van der Waals surface area contributed by atoms with Gasteiger partial charge < -0.3 is 4.42 Å². The van der Waals surface area contributed by atoms with Crippen LogP contribution in [0.5, 0.6) is 0 Å². The van der Waals surface area contributed by atoms with Crippen LogP contribution in [0, 0.1) is 12.8 Å². The predicted octanol–water partition coefficient (Wildman–Crippen LogP) is 2.21. The Morgan fingerprint density at radius 3 is 3.00 bits per heavy atom. The lowest BCUT2D eigenvalue weighted by molar-refractivity contribution is -0.119. The molecule has 0 amide bonds. The van der Waals surface area contributed by atoms with Gasteiger partial charge in [0.05, 0.1) is 17.5 Å². The molecule has 1 saturated carbocycles. The van der Waals surface area contributed by atoms with Crippen molar-refractivity contribution in [3.63, 3.8) is 0 Å². The molecule has 21 heavy (non-hydrogen) atoms. The van der Waals surface area contributed by atoms with E-state index in [1.54, 1.807) is 17.0 Å². The summed E-state index contributed by atoms with van der Waals surface area (Å²) < 4.78 is 6.81. The fourth-order valence-electron chi connectivity index (χ4n) is 2.44. The van der Waals surface area contributed by atoms with Gasteiger partial charge in [0.25, 0.3) is 0 Å². The molecule has 0 radical (unpaired) electrons. The number of fused-ring (bicyclic) bond motifs is 1. The molecular formula is C15H14N4O2. The minimum Gasteiger partial charge on any atom is -0.472 e. The van der Waals surface area contributed by atoms with E-state index in [2.05, 4.69) is 15.1 Å². The summed E-state index contributed by atoms with van der Waals surface area (Å²) in [5, 5.41) is 4.35. The van der Waals surface area contributed by atoms with E-state index in [0.29, 0.717) is 23.7 Å². The van der Waals surface area contributed by atoms with E-state index in [1.807, 2.05) is 19.1 Å². The molecule has 0 bridgehead atoms. The number of Topliss-reactive ketones (excluding diaryl/α,β-unsaturated/α-hetero) is 1. The Labute approximate surface area is 120 Å². The maximum absolute atomic E-state index is 12.0. The third-order valence-electron chi connectivity index (χ3n) is 3.65. The second-order valence-corrected chi connectivity index (χ2v) is 5.43. The molecule has 0 N–H and O–H groups in total. The van der Waals surface area contributed by atoms with Gasteiger partial charge in [0, 0.05) is 18.4 Å². The van der Waals surface area contributed by atoms with Gasteiger partial charge in [-0.2, -0.15) is 4.52 Å². The molecule has 3 aromatic rings. The lowest BCUT2D eigenvalue weighted by atomic mass is 10.1. The van der Waals surface area contributed by atoms with Crippen molar-refractivity contribution in [3.05, 3.63) is 36.2 Å². The summed E-state index contributed by atoms with van der Waals surface area (Å²) in [5.74, 6) is 1.83. The molecule has 1 aliphatic rings. The van der Waals surface area contributed by atoms with Gasteiger partial charge >= 0.3 is 0 Å². The van der Waals surface area contributed by atoms with Gasteiger partial charge in [-0.05, 0) is 25.8 Å². The molecule has 4 rings (SSSR count). The van der Waals surface area contributed by atoms with Crippen LogP contribution >= 0.6 is 0 Å². The van der Waals surface area contributed by atoms with Gasteiger partial charge in [-0.3, -0.25) is 4.79 Å². The first kappa shape index (κ1) is 12.3. The van der Waals surface area contributed by atoms with Crippen molar-refractivity contribution >= 4 is 11.4 Å². The molecule has 0 aliphatic heterocycles. The highest BCUT2D eigenvalue weighted by atomic mass is 16.3. The van der Waals surface area contributed by atoms with Crippen molar-refractivity contribution in [2.75, 3.05) is 0 Å². The largest absolute Gasteiger partial charge is 0.472 e. The van der Waals surface area contributed by atoms with Crippen molar-refractivity contribution in [2.24, 2.45) is 5.92 Å². The summed E-state index contributed by atoms with van der Waals surface area (Å²) in [6, 6.07) is 3.66. The highest BCUT2D eigenvalue weighted by Crippen LogP contribution is 2.31. The standard InChI is InChI=1S/C15H14N4O2/c1-9-16-14-7-12(6-13(20)10-2-3-10)17-15(19(14)18-9)11-4-5-21-8-11/h4-5,7-8,10H,2-3,6H2,1H3. The zero-order valence-electron chi connectivity index (χ0n) is 11.6. The fourth-order valence-corrected chi connectivity index (χ4v) is 2.44. The number of aromatic nitrogens is 4. The van der Waals surface area contributed by atoms with E-state index < -0.39 is 0 Å². The Morgan fingerprint density at radius 1 is 1.43 bits per heavy atom. The summed E-state index contributed by atoms with van der Waals surface area (Å²) >= 11 is 0. The normalized spacial score (nSPS) is 14.7. The number of nitrogens with zero attached hydrogens (tertiary/aromatic N) is 4. The Morgan fingerprint density at radius 2 is 2.29 bits per heavy atom. The number of hydrogen-bond donors (Lipinski definition) is 0. The first-order chi connectivity index (χ1) is 10.2. The maximum Gasteiger partial charge on any atom is 0.166 e. The highest BCUT2D eigenvalue weighted by Gasteiger charge is 2.29. The van der Waals surface area contributed by atoms with Crippen molar-refractivity contribution in [1.29, 1.82) is 0 Å². The minimum absolute atomic E-state index is 0.236. The molecule has 0 unspecified atom stereocenters. The monoisotopic (exact) mass is 282 g/mol. The Bertz CT molecular complexity index is 816. The molecule has 106 valence electrons. The molecule has 0 saturated heterocycles. The summed E-state index contributed by atoms with van der Waals surface area (Å²) in [6.07, 6.45) is 5.59. The van der Waals surface area contributed by atoms with Crippen LogP contribution in [0.25, 0.3) is 17.0 Å². The van der Waals surface area contributed by atoms with E-state index in [-0.39, 0.29) is 11.7 Å². The number of ketones is 1. The molecule has 0 atom stereocenters. The number of carbonyl (C=O) groups is 1. The number of rotatable bonds is 4. The molecule has 3 aromatic heterocycles. The van der Waals surface area contributed by atoms with Gasteiger partial charge in [-0.15, -0.1) is 5.10 Å². The Kier molecular flexibility index (Phi) is 2.63. The molecule has 1 aliphatic carbocycles. The zero-order valence-corrected chi connectivity index (χ0v) is 11.6. The SMILES string of the molecule is Cc1nc2cc(CC(=O)C3CC3)nc(-c3ccoc3)n2n1. The molecule has 6 heteroatoms. The second kappa shape index (κ2) is 4.51. The van der Waals surface area contributed by atoms with Crippen molar-refractivity contribution in [2.45, 2.75) is 26.2 Å². The summed E-state index contributed by atoms with van der Waals surface area (Å²) in [5.41, 5.74) is 2.27. The van der Waals surface area contributed by atoms with Crippen molar-refractivity contribution in [1.82, 2.24) is 19.6 Å². The van der Waals surface area contributed by atoms with E-state index in [0.717, 1.165) is 24.1 Å². The molecule has 1 fully saturated rings. The van der Waals surface area contributed by atoms with Crippen LogP contribution in [0.15, 0.2) is 29.1 Å². The summed E-state index contributed by atoms with van der Waals surface area (Å²) in [6.45, 7) is 1.83. The second-order valence-electron chi connectivity index (χ2n) is 5.43. The van der Waals surface area contributed by atoms with Crippen LogP contribution in [0.3, 0.4) is 0 Å². The maximum atomic E-state index is 12.0. The first-order valence-electron chi connectivity index (χ1n) is 6.99. The molecule has 0 spiro atoms. The van der Waals surface area contributed by atoms with E-state index in [9.17, 15) is 4.79 Å². The van der Waals surface area contributed by atoms with E-state index >= 15 is 0 Å². The van der Waals surface area contributed by atoms with Crippen LogP contribution in [-0.2, 0) is 11.2 Å². The van der Waals surface area contributed by atoms with Crippen LogP contribution in [0.4, 0.5) is 0 Å². The van der Waals surface area contributed by atoms with Crippen LogP contribution in [0.1, 0.15) is 24.4 Å². The third-order valence-corrected chi connectivity index (χ3v) is 3.65. The van der Waals surface area contributed by atoms with Gasteiger partial charge in [0.15, 0.2) is 11.5 Å². The highest BCUT2D eigenvalue weighted by molar-refractivity contribution is 5.85. The Balaban J connectivity index is 1.82.